The van der Waals surface area contributed by atoms with Crippen molar-refractivity contribution in [3.63, 3.8) is 0 Å². The first-order chi connectivity index (χ1) is 12.3. The lowest BCUT2D eigenvalue weighted by molar-refractivity contribution is -0.125. The summed E-state index contributed by atoms with van der Waals surface area (Å²) in [6, 6.07) is -0.415. The first-order valence-corrected chi connectivity index (χ1v) is 9.90. The fraction of sp³-hybridized carbons (Fsp3) is 0.800. The smallest absolute Gasteiger partial charge is 0.220 e. The molecule has 26 heavy (non-hydrogen) atoms. The highest BCUT2D eigenvalue weighted by Crippen LogP contribution is 2.30. The van der Waals surface area contributed by atoms with Gasteiger partial charge in [-0.1, -0.05) is 52.9 Å². The zero-order valence-electron chi connectivity index (χ0n) is 16.4. The van der Waals surface area contributed by atoms with Crippen LogP contribution in [-0.2, 0) is 11.2 Å². The lowest BCUT2D eigenvalue weighted by Gasteiger charge is -2.36. The molecule has 0 saturated heterocycles. The van der Waals surface area contributed by atoms with E-state index in [1.807, 2.05) is 20.8 Å². The van der Waals surface area contributed by atoms with Crippen molar-refractivity contribution in [3.05, 3.63) is 18.2 Å². The first kappa shape index (κ1) is 20.9. The van der Waals surface area contributed by atoms with Crippen molar-refractivity contribution in [2.45, 2.75) is 90.4 Å². The van der Waals surface area contributed by atoms with E-state index in [1.165, 1.54) is 19.3 Å². The fourth-order valence-corrected chi connectivity index (χ4v) is 3.75. The molecule has 0 aliphatic heterocycles. The van der Waals surface area contributed by atoms with E-state index >= 15 is 0 Å². The molecule has 1 amide bonds. The number of imidazole rings is 1. The highest BCUT2D eigenvalue weighted by Gasteiger charge is 2.36. The van der Waals surface area contributed by atoms with Gasteiger partial charge in [0.1, 0.15) is 6.10 Å². The molecule has 0 bridgehead atoms. The fourth-order valence-electron chi connectivity index (χ4n) is 3.75. The SMILES string of the molecule is CC(C)(C)C(O)[C@H](O)[C@H](CC1CCCCC1)NC(=O)CCc1cnc[nH]1. The maximum absolute atomic E-state index is 12.4. The minimum atomic E-state index is -0.965. The Labute approximate surface area is 156 Å². The zero-order chi connectivity index (χ0) is 19.2. The largest absolute Gasteiger partial charge is 0.390 e. The zero-order valence-corrected chi connectivity index (χ0v) is 16.4. The lowest BCUT2D eigenvalue weighted by Crippen LogP contribution is -2.53. The van der Waals surface area contributed by atoms with E-state index in [0.29, 0.717) is 18.8 Å². The van der Waals surface area contributed by atoms with Gasteiger partial charge < -0.3 is 20.5 Å². The minimum Gasteiger partial charge on any atom is -0.390 e. The highest BCUT2D eigenvalue weighted by atomic mass is 16.3. The number of rotatable bonds is 8. The number of carbonyl (C=O) groups excluding carboxylic acids is 1. The Balaban J connectivity index is 1.97. The van der Waals surface area contributed by atoms with Crippen LogP contribution in [0, 0.1) is 11.3 Å². The molecule has 2 rings (SSSR count). The number of hydrogen-bond donors (Lipinski definition) is 4. The van der Waals surface area contributed by atoms with Gasteiger partial charge in [0.25, 0.3) is 0 Å². The van der Waals surface area contributed by atoms with Crippen molar-refractivity contribution >= 4 is 5.91 Å². The third-order valence-corrected chi connectivity index (χ3v) is 5.46. The number of carbonyl (C=O) groups is 1. The summed E-state index contributed by atoms with van der Waals surface area (Å²) in [5.41, 5.74) is 0.476. The van der Waals surface area contributed by atoms with Crippen LogP contribution in [0.4, 0.5) is 0 Å². The van der Waals surface area contributed by atoms with E-state index in [1.54, 1.807) is 12.5 Å². The summed E-state index contributed by atoms with van der Waals surface area (Å²) in [5.74, 6) is 0.407. The Kier molecular flexibility index (Phi) is 7.65. The molecule has 6 nitrogen and oxygen atoms in total. The van der Waals surface area contributed by atoms with Gasteiger partial charge in [-0.15, -0.1) is 0 Å². The molecule has 1 aromatic rings. The molecular formula is C20H35N3O3. The first-order valence-electron chi connectivity index (χ1n) is 9.90. The molecular weight excluding hydrogens is 330 g/mol. The molecule has 0 spiro atoms. The van der Waals surface area contributed by atoms with Gasteiger partial charge in [0.15, 0.2) is 0 Å². The Bertz CT molecular complexity index is 533. The second kappa shape index (κ2) is 9.51. The van der Waals surface area contributed by atoms with Gasteiger partial charge >= 0.3 is 0 Å². The van der Waals surface area contributed by atoms with Crippen molar-refractivity contribution in [1.29, 1.82) is 0 Å². The quantitative estimate of drug-likeness (QED) is 0.569. The number of aryl methyl sites for hydroxylation is 1. The third kappa shape index (κ3) is 6.40. The molecule has 1 fully saturated rings. The summed E-state index contributed by atoms with van der Waals surface area (Å²) in [6.45, 7) is 5.70. The van der Waals surface area contributed by atoms with Crippen molar-refractivity contribution in [2.24, 2.45) is 11.3 Å². The number of aromatic amines is 1. The van der Waals surface area contributed by atoms with Gasteiger partial charge in [0.2, 0.25) is 5.91 Å². The molecule has 3 atom stereocenters. The predicted octanol–water partition coefficient (Wildman–Crippen LogP) is 2.57. The molecule has 148 valence electrons. The van der Waals surface area contributed by atoms with Gasteiger partial charge in [-0.25, -0.2) is 4.98 Å². The van der Waals surface area contributed by atoms with Crippen molar-refractivity contribution in [2.75, 3.05) is 0 Å². The minimum absolute atomic E-state index is 0.0967. The molecule has 6 heteroatoms. The second-order valence-corrected chi connectivity index (χ2v) is 8.79. The molecule has 1 aliphatic carbocycles. The molecule has 1 saturated carbocycles. The van der Waals surface area contributed by atoms with Crippen LogP contribution in [0.1, 0.15) is 71.4 Å². The molecule has 1 aromatic heterocycles. The highest BCUT2D eigenvalue weighted by molar-refractivity contribution is 5.76. The van der Waals surface area contributed by atoms with Crippen LogP contribution in [0.15, 0.2) is 12.5 Å². The molecule has 1 unspecified atom stereocenters. The summed E-state index contributed by atoms with van der Waals surface area (Å²) in [5, 5.41) is 24.3. The Morgan fingerprint density at radius 2 is 2.00 bits per heavy atom. The number of aliphatic hydroxyl groups is 2. The van der Waals surface area contributed by atoms with E-state index in [2.05, 4.69) is 15.3 Å². The predicted molar refractivity (Wildman–Crippen MR) is 102 cm³/mol. The summed E-state index contributed by atoms with van der Waals surface area (Å²) in [4.78, 5) is 19.4. The Morgan fingerprint density at radius 3 is 2.58 bits per heavy atom. The van der Waals surface area contributed by atoms with Gasteiger partial charge in [0, 0.05) is 18.3 Å². The van der Waals surface area contributed by atoms with Crippen LogP contribution >= 0.6 is 0 Å². The van der Waals surface area contributed by atoms with Crippen molar-refractivity contribution < 1.29 is 15.0 Å². The standard InChI is InChI=1S/C20H35N3O3/c1-20(2,3)19(26)18(25)16(11-14-7-5-4-6-8-14)23-17(24)10-9-15-12-21-13-22-15/h12-14,16,18-19,25-26H,4-11H2,1-3H3,(H,21,22)(H,23,24)/t16-,18+,19?/m0/s1. The molecule has 4 N–H and O–H groups in total. The van der Waals surface area contributed by atoms with Crippen LogP contribution in [0.25, 0.3) is 0 Å². The van der Waals surface area contributed by atoms with Crippen LogP contribution in [0.3, 0.4) is 0 Å². The number of aromatic nitrogens is 2. The van der Waals surface area contributed by atoms with E-state index in [0.717, 1.165) is 25.0 Å². The van der Waals surface area contributed by atoms with Crippen LogP contribution in [-0.4, -0.2) is 44.3 Å². The number of hydrogen-bond acceptors (Lipinski definition) is 4. The van der Waals surface area contributed by atoms with Crippen LogP contribution in [0.2, 0.25) is 0 Å². The van der Waals surface area contributed by atoms with E-state index in [9.17, 15) is 15.0 Å². The average Bonchev–Trinajstić information content (AvgIpc) is 3.12. The number of nitrogens with zero attached hydrogens (tertiary/aromatic N) is 1. The number of aliphatic hydroxyl groups excluding tert-OH is 2. The number of nitrogens with one attached hydrogen (secondary N) is 2. The van der Waals surface area contributed by atoms with E-state index in [-0.39, 0.29) is 5.91 Å². The van der Waals surface area contributed by atoms with Crippen molar-refractivity contribution in [1.82, 2.24) is 15.3 Å². The second-order valence-electron chi connectivity index (χ2n) is 8.79. The van der Waals surface area contributed by atoms with Crippen molar-refractivity contribution in [3.8, 4) is 0 Å². The molecule has 1 aliphatic rings. The van der Waals surface area contributed by atoms with Gasteiger partial charge in [-0.2, -0.15) is 0 Å². The molecule has 0 aromatic carbocycles. The Morgan fingerprint density at radius 1 is 1.31 bits per heavy atom. The normalized spacial score (nSPS) is 19.7. The maximum Gasteiger partial charge on any atom is 0.220 e. The Hall–Kier alpha value is -1.40. The molecule has 0 radical (unpaired) electrons. The topological polar surface area (TPSA) is 98.2 Å². The summed E-state index contributed by atoms with van der Waals surface area (Å²) in [6.07, 6.45) is 9.07. The number of amides is 1. The van der Waals surface area contributed by atoms with Crippen LogP contribution in [0.5, 0.6) is 0 Å². The lowest BCUT2D eigenvalue weighted by atomic mass is 9.79. The third-order valence-electron chi connectivity index (χ3n) is 5.46. The van der Waals surface area contributed by atoms with E-state index in [4.69, 9.17) is 0 Å². The summed E-state index contributed by atoms with van der Waals surface area (Å²) in [7, 11) is 0. The monoisotopic (exact) mass is 365 g/mol. The number of H-pyrrole nitrogens is 1. The maximum atomic E-state index is 12.4. The van der Waals surface area contributed by atoms with E-state index < -0.39 is 23.7 Å². The summed E-state index contributed by atoms with van der Waals surface area (Å²) >= 11 is 0. The average molecular weight is 366 g/mol. The molecule has 1 heterocycles. The van der Waals surface area contributed by atoms with Gasteiger partial charge in [-0.3, -0.25) is 4.79 Å². The van der Waals surface area contributed by atoms with Gasteiger partial charge in [0.05, 0.1) is 18.5 Å². The van der Waals surface area contributed by atoms with Crippen LogP contribution < -0.4 is 5.32 Å². The summed E-state index contributed by atoms with van der Waals surface area (Å²) < 4.78 is 0. The van der Waals surface area contributed by atoms with Gasteiger partial charge in [-0.05, 0) is 24.2 Å².